The van der Waals surface area contributed by atoms with Crippen molar-refractivity contribution in [3.63, 3.8) is 0 Å². The van der Waals surface area contributed by atoms with Gasteiger partial charge in [-0.2, -0.15) is 13.5 Å². The summed E-state index contributed by atoms with van der Waals surface area (Å²) in [6.07, 6.45) is 0. The molecule has 7 aromatic carbocycles. The lowest BCUT2D eigenvalue weighted by Gasteiger charge is -2.40. The topological polar surface area (TPSA) is 405 Å². The highest BCUT2D eigenvalue weighted by molar-refractivity contribution is 9.10. The average molecular weight is 2020 g/mol. The van der Waals surface area contributed by atoms with Crippen LogP contribution in [-0.2, 0) is 71.0 Å². The summed E-state index contributed by atoms with van der Waals surface area (Å²) < 4.78 is 39.7. The molecule has 0 bridgehead atoms. The zero-order valence-electron chi connectivity index (χ0n) is 75.2. The summed E-state index contributed by atoms with van der Waals surface area (Å²) in [6, 6.07) is 50.2. The number of carbonyl (C=O) groups excluding carboxylic acids is 6. The Bertz CT molecular complexity index is 4710. The lowest BCUT2D eigenvalue weighted by atomic mass is 9.78. The lowest BCUT2D eigenvalue weighted by molar-refractivity contribution is -0.116. The number of aromatic nitrogens is 2. The number of halogens is 3. The second-order valence-electron chi connectivity index (χ2n) is 25.6. The van der Waals surface area contributed by atoms with Gasteiger partial charge in [-0.25, -0.2) is 48.9 Å². The third-order valence-electron chi connectivity index (χ3n) is 18.1. The van der Waals surface area contributed by atoms with Crippen molar-refractivity contribution in [2.24, 2.45) is 11.6 Å². The number of esters is 3. The molecule has 696 valence electrons. The van der Waals surface area contributed by atoms with Crippen molar-refractivity contribution < 1.29 is 77.1 Å². The van der Waals surface area contributed by atoms with Gasteiger partial charge in [-0.3, -0.25) is 19.6 Å². The molecule has 9 aromatic rings. The second-order valence-corrected chi connectivity index (χ2v) is 30.7. The number of para-hydroxylation sites is 4. The Balaban J connectivity index is -0.00000141. The molecule has 4 fully saturated rings. The first kappa shape index (κ1) is 122. The van der Waals surface area contributed by atoms with Crippen molar-refractivity contribution in [3.8, 4) is 0 Å². The van der Waals surface area contributed by atoms with E-state index in [0.717, 1.165) is 49.2 Å². The fraction of sp³-hybridized carbons (Fsp3) is 0.387. The molecule has 1 unspecified atom stereocenters. The molecular formula is C93H128Br3N11O16S4. The van der Waals surface area contributed by atoms with Crippen molar-refractivity contribution in [3.05, 3.63) is 279 Å². The summed E-state index contributed by atoms with van der Waals surface area (Å²) in [5.74, 6) is 1.91. The van der Waals surface area contributed by atoms with Crippen LogP contribution < -0.4 is 39.6 Å². The van der Waals surface area contributed by atoms with E-state index in [4.69, 9.17) is 82.6 Å². The normalized spacial score (nSPS) is 13.1. The van der Waals surface area contributed by atoms with Gasteiger partial charge in [-0.1, -0.05) is 209 Å². The van der Waals surface area contributed by atoms with Gasteiger partial charge in [0.25, 0.3) is 11.8 Å². The number of alkyl halides is 3. The smallest absolute Gasteiger partial charge is 0.337 e. The van der Waals surface area contributed by atoms with E-state index >= 15 is 0 Å². The maximum atomic E-state index is 12.5. The number of nitrogens with zero attached hydrogens (tertiary/aromatic N) is 4. The number of aryl methyl sites for hydroxylation is 4. The first-order valence-corrected chi connectivity index (χ1v) is 45.0. The van der Waals surface area contributed by atoms with Crippen LogP contribution in [0, 0.1) is 40.8 Å². The Kier molecular flexibility index (Phi) is 63.3. The molecule has 4 aliphatic rings. The lowest BCUT2D eigenvalue weighted by Crippen LogP contribution is -2.55. The molecule has 0 saturated carbocycles. The number of ketones is 1. The highest BCUT2D eigenvalue weighted by Crippen LogP contribution is 2.44. The number of methoxy groups -OCH3 is 3. The van der Waals surface area contributed by atoms with Gasteiger partial charge in [-0.15, -0.1) is 22.7 Å². The molecule has 127 heavy (non-hydrogen) atoms. The van der Waals surface area contributed by atoms with Gasteiger partial charge >= 0.3 is 23.4 Å². The van der Waals surface area contributed by atoms with Gasteiger partial charge in [0.05, 0.1) is 138 Å². The van der Waals surface area contributed by atoms with E-state index in [0.29, 0.717) is 126 Å². The number of amides is 2. The van der Waals surface area contributed by atoms with Gasteiger partial charge < -0.3 is 81.0 Å². The molecule has 6 heterocycles. The van der Waals surface area contributed by atoms with Crippen molar-refractivity contribution in [1.82, 2.24) is 15.4 Å². The second kappa shape index (κ2) is 66.0. The number of nitrogens with two attached hydrogens (primary N) is 5. The van der Waals surface area contributed by atoms with E-state index in [1.54, 1.807) is 132 Å². The molecule has 14 N–H and O–H groups in total. The Hall–Kier alpha value is -9.44. The van der Waals surface area contributed by atoms with Gasteiger partial charge in [0.15, 0.2) is 0 Å². The molecule has 34 heteroatoms. The molecule has 0 radical (unpaired) electrons. The van der Waals surface area contributed by atoms with Gasteiger partial charge in [-0.05, 0) is 155 Å². The third kappa shape index (κ3) is 36.6. The predicted molar refractivity (Wildman–Crippen MR) is 532 cm³/mol. The standard InChI is InChI=1S/C21H21N3O2S.C15H16N2O3S.C12H13NO3S.C12H11NO3.C10H9NO2.C6H8N2.C4H7BrO.C2H4Br2O.5C2H6.CH4.H3NO.H2S/c1-13-14(2)27-20(23-13)21(11-26-12-21)16-9-7-15(8-10-16)19(25)24-18-6-4-3-5-17(18)22;1-9-10(2)21-14(16-9)15(7-20-8-15)12-5-3-11(4-6-12)13(18)17-19;1-15-10(14)8-2-4-9(5-3-8)12(11(13)17)6-16-7-12;1-13-12(7-16-8-12)10-5-3-9(4-6-10)11(14)15-2;1-11-7-8-3-5-9(6-4-8)10(12)13-2;7-5-3-1-2-4-6(5)8;1-3(5)4(2)6;3-1-5-2-4;5*1-2;;1-2;/h3-10H,11-12,22H2,1-2H3,(H,24,25);3-6,19H,7-8H2,1-2H3,(H,17,18);2-5H,6-7H2,1H3,(H2,13,17);3-6H,7-8H2,2H3;3-6H,7H2,2H3;1-4H,7-8H2;3H,1-2H3;1-2H2;5*1-2H3;1H4;2H,1H2;1H2. The predicted octanol–water partition coefficient (Wildman–Crippen LogP) is 19.8. The summed E-state index contributed by atoms with van der Waals surface area (Å²) in [5.41, 5.74) is 36.0. The van der Waals surface area contributed by atoms with Crippen LogP contribution in [0.1, 0.15) is 201 Å². The van der Waals surface area contributed by atoms with Crippen LogP contribution in [-0.4, -0.2) is 151 Å². The third-order valence-corrected chi connectivity index (χ3v) is 22.3. The van der Waals surface area contributed by atoms with Gasteiger partial charge in [0, 0.05) is 32.0 Å². The van der Waals surface area contributed by atoms with Crippen LogP contribution in [0.5, 0.6) is 0 Å². The number of nitrogen functional groups attached to an aromatic ring is 3. The molecule has 0 spiro atoms. The Labute approximate surface area is 796 Å². The first-order chi connectivity index (χ1) is 60.0. The average Bonchev–Trinajstić information content (AvgIpc) is 1.62. The van der Waals surface area contributed by atoms with E-state index in [1.165, 1.54) is 31.1 Å². The quantitative estimate of drug-likeness (QED) is 0.00597. The van der Waals surface area contributed by atoms with Crippen molar-refractivity contribution >= 4 is 159 Å². The minimum atomic E-state index is -0.547. The number of nitrogens with one attached hydrogen (secondary N) is 2. The van der Waals surface area contributed by atoms with Crippen LogP contribution in [0.4, 0.5) is 22.7 Å². The molecule has 2 amide bonds. The number of ether oxygens (including phenoxy) is 8. The number of benzene rings is 7. The Morgan fingerprint density at radius 1 is 0.520 bits per heavy atom. The molecule has 4 aliphatic heterocycles. The van der Waals surface area contributed by atoms with E-state index < -0.39 is 11.4 Å². The Morgan fingerprint density at radius 2 is 0.835 bits per heavy atom. The number of hydrogen-bond acceptors (Lipinski definition) is 25. The maximum absolute atomic E-state index is 12.5. The molecular weight excluding hydrogens is 1900 g/mol. The molecule has 27 nitrogen and oxygen atoms in total. The van der Waals surface area contributed by atoms with E-state index in [1.807, 2.05) is 163 Å². The molecule has 0 aliphatic carbocycles. The molecule has 1 atom stereocenters. The van der Waals surface area contributed by atoms with Crippen molar-refractivity contribution in [1.29, 1.82) is 0 Å². The van der Waals surface area contributed by atoms with E-state index in [-0.39, 0.29) is 71.6 Å². The monoisotopic (exact) mass is 2020 g/mol. The number of thiazole rings is 2. The minimum absolute atomic E-state index is 0. The number of thiocarbonyl (C=S) groups is 1. The zero-order valence-corrected chi connectivity index (χ0v) is 83.4. The SMILES string of the molecule is BrCOCBr.C.CC.CC.CC.CC.CC.CC(=O)C(C)Br.COC(=O)c1ccc(C2(C(N)=S)COC2)cc1.Cc1nc(C2(c3ccc(C(=O)NO)cc3)COC2)sc1C.Cc1nc(C2(c3ccc(C(=O)Nc4ccccc4N)cc3)COC2)sc1C.NO.Nc1ccccc1N.S.[C-]#[N+]C1(c2ccc(C(=O)OC)cc2)COC1.[C-]#[N+]Cc1ccc(C(=O)OC)cc1. The number of hydrogen-bond donors (Lipinski definition) is 9. The number of Topliss-reactive ketones (excluding diaryl/α,β-unsaturated/α-hetero) is 1. The molecule has 13 rings (SSSR count). The minimum Gasteiger partial charge on any atom is -0.465 e. The molecule has 2 aromatic heterocycles. The highest BCUT2D eigenvalue weighted by Gasteiger charge is 2.49. The van der Waals surface area contributed by atoms with Gasteiger partial charge in [0.1, 0.15) is 40.0 Å². The summed E-state index contributed by atoms with van der Waals surface area (Å²) in [7, 11) is 4.04. The van der Waals surface area contributed by atoms with E-state index in [9.17, 15) is 28.8 Å². The summed E-state index contributed by atoms with van der Waals surface area (Å²) in [6.45, 7) is 50.0. The number of hydroxylamine groups is 1. The molecule has 4 saturated heterocycles. The summed E-state index contributed by atoms with van der Waals surface area (Å²) in [5, 5.41) is 20.2. The number of rotatable bonds is 17. The maximum Gasteiger partial charge on any atom is 0.337 e. The largest absolute Gasteiger partial charge is 0.465 e. The van der Waals surface area contributed by atoms with Crippen LogP contribution in [0.25, 0.3) is 9.69 Å². The van der Waals surface area contributed by atoms with Gasteiger partial charge in [0.2, 0.25) is 6.54 Å². The van der Waals surface area contributed by atoms with Crippen molar-refractivity contribution in [2.45, 2.75) is 151 Å². The fourth-order valence-electron chi connectivity index (χ4n) is 10.5. The fourth-order valence-corrected chi connectivity index (χ4v) is 13.7. The van der Waals surface area contributed by atoms with Crippen molar-refractivity contribution in [2.75, 3.05) is 108 Å². The highest BCUT2D eigenvalue weighted by atomic mass is 79.9. The van der Waals surface area contributed by atoms with Crippen LogP contribution in [0.15, 0.2) is 170 Å². The number of carbonyl (C=O) groups is 6. The van der Waals surface area contributed by atoms with Crippen LogP contribution >= 0.6 is 96.2 Å². The van der Waals surface area contributed by atoms with E-state index in [2.05, 4.69) is 106 Å². The number of anilines is 4. The Morgan fingerprint density at radius 3 is 1.08 bits per heavy atom. The summed E-state index contributed by atoms with van der Waals surface area (Å²) in [4.78, 5) is 86.7. The van der Waals surface area contributed by atoms with Crippen LogP contribution in [0.3, 0.4) is 0 Å². The first-order valence-electron chi connectivity index (χ1n) is 39.8. The van der Waals surface area contributed by atoms with Crippen LogP contribution in [0.2, 0.25) is 0 Å². The zero-order chi connectivity index (χ0) is 95.1. The summed E-state index contributed by atoms with van der Waals surface area (Å²) >= 11 is 17.7.